The molecular formula is C20H15N3O8S. The van der Waals surface area contributed by atoms with Crippen LogP contribution in [0.25, 0.3) is 0 Å². The monoisotopic (exact) mass is 457 g/mol. The van der Waals surface area contributed by atoms with Crippen molar-refractivity contribution in [2.45, 2.75) is 11.5 Å². The van der Waals surface area contributed by atoms with E-state index in [4.69, 9.17) is 4.74 Å². The molecule has 0 amide bonds. The van der Waals surface area contributed by atoms with E-state index in [1.165, 1.54) is 54.6 Å². The Labute approximate surface area is 181 Å². The molecule has 3 rings (SSSR count). The molecule has 3 aromatic carbocycles. The first kappa shape index (κ1) is 22.4. The van der Waals surface area contributed by atoms with Crippen molar-refractivity contribution in [1.29, 1.82) is 0 Å². The molecule has 1 N–H and O–H groups in total. The van der Waals surface area contributed by atoms with Gasteiger partial charge in [0.2, 0.25) is 0 Å². The zero-order chi connectivity index (χ0) is 23.3. The maximum absolute atomic E-state index is 12.7. The predicted octanol–water partition coefficient (Wildman–Crippen LogP) is 3.66. The van der Waals surface area contributed by atoms with Crippen molar-refractivity contribution in [2.75, 3.05) is 4.72 Å². The van der Waals surface area contributed by atoms with E-state index in [9.17, 15) is 33.4 Å². The Balaban J connectivity index is 1.83. The van der Waals surface area contributed by atoms with E-state index in [-0.39, 0.29) is 27.4 Å². The largest absolute Gasteiger partial charge is 0.457 e. The topological polar surface area (TPSA) is 159 Å². The van der Waals surface area contributed by atoms with Crippen LogP contribution in [-0.2, 0) is 21.4 Å². The summed E-state index contributed by atoms with van der Waals surface area (Å²) in [5, 5.41) is 22.0. The molecule has 0 aliphatic carbocycles. The van der Waals surface area contributed by atoms with Gasteiger partial charge < -0.3 is 4.74 Å². The molecule has 0 spiro atoms. The molecule has 0 bridgehead atoms. The van der Waals surface area contributed by atoms with Crippen molar-refractivity contribution >= 4 is 33.1 Å². The molecule has 164 valence electrons. The maximum Gasteiger partial charge on any atom is 0.340 e. The fraction of sp³-hybridized carbons (Fsp3) is 0.0500. The van der Waals surface area contributed by atoms with Gasteiger partial charge in [0.15, 0.2) is 0 Å². The van der Waals surface area contributed by atoms with Crippen LogP contribution in [0.5, 0.6) is 0 Å². The molecule has 0 saturated heterocycles. The average molecular weight is 457 g/mol. The van der Waals surface area contributed by atoms with Gasteiger partial charge in [-0.05, 0) is 24.3 Å². The number of sulfonamides is 1. The minimum Gasteiger partial charge on any atom is -0.457 e. The Morgan fingerprint density at radius 2 is 1.59 bits per heavy atom. The Bertz CT molecular complexity index is 1310. The van der Waals surface area contributed by atoms with Crippen molar-refractivity contribution in [3.8, 4) is 0 Å². The molecule has 32 heavy (non-hydrogen) atoms. The number of nitrogens with one attached hydrogen (secondary N) is 1. The maximum atomic E-state index is 12.7. The normalized spacial score (nSPS) is 10.9. The fourth-order valence-corrected chi connectivity index (χ4v) is 3.87. The number of non-ortho nitro benzene ring substituents is 1. The van der Waals surface area contributed by atoms with E-state index in [0.717, 1.165) is 12.1 Å². The number of ether oxygens (including phenoxy) is 1. The highest BCUT2D eigenvalue weighted by Crippen LogP contribution is 2.24. The van der Waals surface area contributed by atoms with Crippen LogP contribution < -0.4 is 4.72 Å². The average Bonchev–Trinajstić information content (AvgIpc) is 2.77. The van der Waals surface area contributed by atoms with E-state index in [0.29, 0.717) is 0 Å². The summed E-state index contributed by atoms with van der Waals surface area (Å²) < 4.78 is 32.7. The molecule has 0 atom stereocenters. The Morgan fingerprint density at radius 1 is 0.906 bits per heavy atom. The molecule has 0 radical (unpaired) electrons. The summed E-state index contributed by atoms with van der Waals surface area (Å²) in [5.74, 6) is -0.916. The molecular weight excluding hydrogens is 442 g/mol. The third kappa shape index (κ3) is 5.05. The van der Waals surface area contributed by atoms with Gasteiger partial charge in [0.1, 0.15) is 6.61 Å². The van der Waals surface area contributed by atoms with E-state index >= 15 is 0 Å². The van der Waals surface area contributed by atoms with Gasteiger partial charge in [0, 0.05) is 18.2 Å². The highest BCUT2D eigenvalue weighted by Gasteiger charge is 2.22. The number of nitrogens with zero attached hydrogens (tertiary/aromatic N) is 2. The van der Waals surface area contributed by atoms with Crippen LogP contribution in [0, 0.1) is 20.2 Å². The summed E-state index contributed by atoms with van der Waals surface area (Å²) >= 11 is 0. The first-order valence-electron chi connectivity index (χ1n) is 8.95. The second kappa shape index (κ2) is 9.22. The van der Waals surface area contributed by atoms with Crippen LogP contribution in [0.2, 0.25) is 0 Å². The van der Waals surface area contributed by atoms with Gasteiger partial charge in [-0.3, -0.25) is 25.0 Å². The number of carbonyl (C=O) groups excluding carboxylic acids is 1. The molecule has 0 aromatic heterocycles. The van der Waals surface area contributed by atoms with Crippen molar-refractivity contribution < 1.29 is 27.8 Å². The van der Waals surface area contributed by atoms with Gasteiger partial charge in [-0.1, -0.05) is 30.3 Å². The Kier molecular flexibility index (Phi) is 6.45. The Morgan fingerprint density at radius 3 is 2.31 bits per heavy atom. The highest BCUT2D eigenvalue weighted by atomic mass is 32.2. The minimum absolute atomic E-state index is 0.119. The summed E-state index contributed by atoms with van der Waals surface area (Å²) in [6, 6.07) is 15.7. The molecule has 0 unspecified atom stereocenters. The van der Waals surface area contributed by atoms with Crippen molar-refractivity contribution in [3.05, 3.63) is 104 Å². The number of hydrogen-bond acceptors (Lipinski definition) is 8. The molecule has 0 aliphatic rings. The van der Waals surface area contributed by atoms with Crippen LogP contribution in [0.1, 0.15) is 15.9 Å². The van der Waals surface area contributed by atoms with E-state index in [1.54, 1.807) is 6.07 Å². The lowest BCUT2D eigenvalue weighted by molar-refractivity contribution is -0.385. The third-order valence-corrected chi connectivity index (χ3v) is 5.64. The molecule has 12 heteroatoms. The summed E-state index contributed by atoms with van der Waals surface area (Å²) in [7, 11) is -4.26. The number of nitro benzene ring substituents is 2. The SMILES string of the molecule is O=C(OCc1ccccc1[N+](=O)[O-])c1ccccc1NS(=O)(=O)c1cccc([N+](=O)[O-])c1. The lowest BCUT2D eigenvalue weighted by atomic mass is 10.2. The summed E-state index contributed by atoms with van der Waals surface area (Å²) in [6.07, 6.45) is 0. The van der Waals surface area contributed by atoms with E-state index < -0.39 is 38.1 Å². The molecule has 0 heterocycles. The fourth-order valence-electron chi connectivity index (χ4n) is 2.75. The van der Waals surface area contributed by atoms with Gasteiger partial charge in [0.05, 0.1) is 31.6 Å². The first-order valence-corrected chi connectivity index (χ1v) is 10.4. The van der Waals surface area contributed by atoms with Gasteiger partial charge in [-0.15, -0.1) is 0 Å². The van der Waals surface area contributed by atoms with Gasteiger partial charge in [-0.2, -0.15) is 0 Å². The molecule has 0 fully saturated rings. The highest BCUT2D eigenvalue weighted by molar-refractivity contribution is 7.92. The van der Waals surface area contributed by atoms with Crippen LogP contribution in [-0.4, -0.2) is 24.2 Å². The molecule has 11 nitrogen and oxygen atoms in total. The van der Waals surface area contributed by atoms with Crippen LogP contribution in [0.3, 0.4) is 0 Å². The zero-order valence-corrected chi connectivity index (χ0v) is 17.0. The Hall–Kier alpha value is -4.32. The van der Waals surface area contributed by atoms with Crippen molar-refractivity contribution in [1.82, 2.24) is 0 Å². The number of carbonyl (C=O) groups is 1. The van der Waals surface area contributed by atoms with Crippen LogP contribution in [0.4, 0.5) is 17.1 Å². The van der Waals surface area contributed by atoms with E-state index in [2.05, 4.69) is 4.72 Å². The number of para-hydroxylation sites is 2. The second-order valence-corrected chi connectivity index (χ2v) is 8.05. The second-order valence-electron chi connectivity index (χ2n) is 6.37. The number of nitro groups is 2. The molecule has 3 aromatic rings. The summed E-state index contributed by atoms with van der Waals surface area (Å²) in [6.45, 7) is -0.401. The van der Waals surface area contributed by atoms with Gasteiger partial charge in [-0.25, -0.2) is 13.2 Å². The first-order chi connectivity index (χ1) is 15.2. The molecule has 0 saturated carbocycles. The predicted molar refractivity (Wildman–Crippen MR) is 113 cm³/mol. The quantitative estimate of drug-likeness (QED) is 0.305. The number of anilines is 1. The minimum atomic E-state index is -4.26. The standard InChI is InChI=1S/C20H15N3O8S/c24-20(31-13-14-6-1-4-11-19(14)23(27)28)17-9-2-3-10-18(17)21-32(29,30)16-8-5-7-15(12-16)22(25)26/h1-12,21H,13H2. The smallest absolute Gasteiger partial charge is 0.340 e. The van der Waals surface area contributed by atoms with E-state index in [1.807, 2.05) is 0 Å². The van der Waals surface area contributed by atoms with Crippen LogP contribution >= 0.6 is 0 Å². The van der Waals surface area contributed by atoms with Gasteiger partial charge in [0.25, 0.3) is 21.4 Å². The van der Waals surface area contributed by atoms with Crippen LogP contribution in [0.15, 0.2) is 77.7 Å². The number of rotatable bonds is 8. The molecule has 0 aliphatic heterocycles. The zero-order valence-electron chi connectivity index (χ0n) is 16.2. The third-order valence-electron chi connectivity index (χ3n) is 4.28. The van der Waals surface area contributed by atoms with Gasteiger partial charge >= 0.3 is 5.97 Å². The lowest BCUT2D eigenvalue weighted by Crippen LogP contribution is -2.16. The number of hydrogen-bond donors (Lipinski definition) is 1. The summed E-state index contributed by atoms with van der Waals surface area (Å²) in [5.41, 5.74) is -0.725. The summed E-state index contributed by atoms with van der Waals surface area (Å²) in [4.78, 5) is 32.9. The number of esters is 1. The lowest BCUT2D eigenvalue weighted by Gasteiger charge is -2.12. The number of benzene rings is 3. The van der Waals surface area contributed by atoms with Crippen molar-refractivity contribution in [2.24, 2.45) is 0 Å². The van der Waals surface area contributed by atoms with Crippen molar-refractivity contribution in [3.63, 3.8) is 0 Å².